The van der Waals surface area contributed by atoms with Crippen LogP contribution in [0.3, 0.4) is 0 Å². The largest absolute Gasteiger partial charge is 0.462 e. The van der Waals surface area contributed by atoms with Gasteiger partial charge in [0.25, 0.3) is 6.02 Å². The number of benzene rings is 1. The third kappa shape index (κ3) is 3.63. The van der Waals surface area contributed by atoms with Gasteiger partial charge in [0.1, 0.15) is 18.0 Å². The minimum atomic E-state index is -0.178. The summed E-state index contributed by atoms with van der Waals surface area (Å²) in [5.41, 5.74) is 2.60. The SMILES string of the molecule is C=CC1=C(C=C)CN(C2=NC3(CO2)CN2CCC3C2)CC1.Fc1ccccc1. The summed E-state index contributed by atoms with van der Waals surface area (Å²) in [6, 6.07) is 8.79. The Balaban J connectivity index is 0.000000233. The maximum absolute atomic E-state index is 11.9. The van der Waals surface area contributed by atoms with Crippen LogP contribution >= 0.6 is 0 Å². The predicted octanol–water partition coefficient (Wildman–Crippen LogP) is 3.65. The van der Waals surface area contributed by atoms with Crippen molar-refractivity contribution in [3.05, 3.63) is 72.6 Å². The van der Waals surface area contributed by atoms with E-state index in [4.69, 9.17) is 9.73 Å². The Hall–Kier alpha value is -2.40. The molecule has 28 heavy (non-hydrogen) atoms. The Bertz CT molecular complexity index is 803. The number of allylic oxidation sites excluding steroid dienone is 1. The third-order valence-electron chi connectivity index (χ3n) is 6.22. The monoisotopic (exact) mass is 381 g/mol. The topological polar surface area (TPSA) is 28.1 Å². The zero-order valence-electron chi connectivity index (χ0n) is 16.3. The molecule has 2 fully saturated rings. The van der Waals surface area contributed by atoms with Gasteiger partial charge in [0, 0.05) is 32.1 Å². The smallest absolute Gasteiger partial charge is 0.288 e. The maximum Gasteiger partial charge on any atom is 0.288 e. The van der Waals surface area contributed by atoms with Gasteiger partial charge in [0.05, 0.1) is 0 Å². The lowest BCUT2D eigenvalue weighted by Gasteiger charge is -2.29. The van der Waals surface area contributed by atoms with Gasteiger partial charge in [0.2, 0.25) is 0 Å². The lowest BCUT2D eigenvalue weighted by molar-refractivity contribution is 0.178. The summed E-state index contributed by atoms with van der Waals surface area (Å²) in [7, 11) is 0. The van der Waals surface area contributed by atoms with E-state index in [2.05, 4.69) is 23.0 Å². The zero-order chi connectivity index (χ0) is 19.6. The van der Waals surface area contributed by atoms with Crippen LogP contribution in [-0.2, 0) is 4.74 Å². The first-order valence-corrected chi connectivity index (χ1v) is 10.0. The summed E-state index contributed by atoms with van der Waals surface area (Å²) >= 11 is 0. The van der Waals surface area contributed by atoms with E-state index in [1.807, 2.05) is 12.2 Å². The highest BCUT2D eigenvalue weighted by atomic mass is 19.1. The molecular weight excluding hydrogens is 353 g/mol. The Kier molecular flexibility index (Phi) is 5.36. The van der Waals surface area contributed by atoms with Crippen LogP contribution in [0.4, 0.5) is 4.39 Å². The minimum Gasteiger partial charge on any atom is -0.462 e. The molecule has 4 aliphatic rings. The molecule has 0 aromatic heterocycles. The first-order chi connectivity index (χ1) is 13.6. The van der Waals surface area contributed by atoms with E-state index in [-0.39, 0.29) is 11.4 Å². The summed E-state index contributed by atoms with van der Waals surface area (Å²) in [4.78, 5) is 9.83. The molecule has 1 aromatic carbocycles. The van der Waals surface area contributed by atoms with Crippen molar-refractivity contribution in [2.24, 2.45) is 10.9 Å². The molecule has 4 aliphatic heterocycles. The van der Waals surface area contributed by atoms with Gasteiger partial charge in [-0.05, 0) is 42.7 Å². The molecule has 1 aromatic rings. The molecule has 2 saturated heterocycles. The van der Waals surface area contributed by atoms with Crippen molar-refractivity contribution in [1.82, 2.24) is 9.80 Å². The van der Waals surface area contributed by atoms with Gasteiger partial charge >= 0.3 is 0 Å². The predicted molar refractivity (Wildman–Crippen MR) is 111 cm³/mol. The molecule has 1 spiro atoms. The van der Waals surface area contributed by atoms with Crippen LogP contribution in [0.15, 0.2) is 71.8 Å². The molecule has 3 atom stereocenters. The minimum absolute atomic E-state index is 0.0460. The molecule has 0 aliphatic carbocycles. The average molecular weight is 381 g/mol. The van der Waals surface area contributed by atoms with Crippen LogP contribution in [0.2, 0.25) is 0 Å². The van der Waals surface area contributed by atoms with Crippen LogP contribution in [-0.4, -0.2) is 60.7 Å². The zero-order valence-corrected chi connectivity index (χ0v) is 16.3. The molecule has 4 heterocycles. The van der Waals surface area contributed by atoms with E-state index in [0.717, 1.165) is 38.7 Å². The number of nitrogens with zero attached hydrogens (tertiary/aromatic N) is 3. The highest BCUT2D eigenvalue weighted by molar-refractivity contribution is 5.77. The van der Waals surface area contributed by atoms with Crippen molar-refractivity contribution in [2.75, 3.05) is 39.3 Å². The highest BCUT2D eigenvalue weighted by Crippen LogP contribution is 2.42. The second kappa shape index (κ2) is 7.92. The average Bonchev–Trinajstić information content (AvgIpc) is 3.45. The molecule has 2 bridgehead atoms. The van der Waals surface area contributed by atoms with Gasteiger partial charge in [-0.3, -0.25) is 0 Å². The van der Waals surface area contributed by atoms with Crippen molar-refractivity contribution >= 4 is 6.02 Å². The number of amidine groups is 1. The van der Waals surface area contributed by atoms with Gasteiger partial charge < -0.3 is 14.5 Å². The number of ether oxygens (including phenoxy) is 1. The second-order valence-corrected chi connectivity index (χ2v) is 7.93. The molecule has 4 nitrogen and oxygen atoms in total. The van der Waals surface area contributed by atoms with Gasteiger partial charge in [-0.1, -0.05) is 43.5 Å². The highest BCUT2D eigenvalue weighted by Gasteiger charge is 2.54. The number of halogens is 1. The number of piperidine rings is 1. The lowest BCUT2D eigenvalue weighted by atomic mass is 9.86. The standard InChI is InChI=1S/C17H23N3O.C6H5F/c1-3-13-5-8-20(9-14(13)4-2)16-18-17(12-21-16)11-19-7-6-15(17)10-19;7-6-4-2-1-3-5-6/h3-4,15H,1-2,5-12H2;1-5H. The van der Waals surface area contributed by atoms with E-state index in [9.17, 15) is 4.39 Å². The van der Waals surface area contributed by atoms with Crippen molar-refractivity contribution in [3.63, 3.8) is 0 Å². The summed E-state index contributed by atoms with van der Waals surface area (Å²) in [5.74, 6) is 0.514. The van der Waals surface area contributed by atoms with Crippen LogP contribution in [0.1, 0.15) is 12.8 Å². The van der Waals surface area contributed by atoms with Crippen LogP contribution in [0.25, 0.3) is 0 Å². The Morgan fingerprint density at radius 3 is 2.50 bits per heavy atom. The van der Waals surface area contributed by atoms with Gasteiger partial charge in [0.15, 0.2) is 0 Å². The van der Waals surface area contributed by atoms with Crippen LogP contribution < -0.4 is 0 Å². The van der Waals surface area contributed by atoms with Crippen molar-refractivity contribution in [3.8, 4) is 0 Å². The summed E-state index contributed by atoms with van der Waals surface area (Å²) < 4.78 is 17.9. The molecule has 3 unspecified atom stereocenters. The molecule has 0 saturated carbocycles. The van der Waals surface area contributed by atoms with E-state index < -0.39 is 0 Å². The molecular formula is C23H28FN3O. The van der Waals surface area contributed by atoms with E-state index in [0.29, 0.717) is 5.92 Å². The van der Waals surface area contributed by atoms with Crippen molar-refractivity contribution in [1.29, 1.82) is 0 Å². The number of hydrogen-bond donors (Lipinski definition) is 0. The summed E-state index contributed by atoms with van der Waals surface area (Å²) in [6.07, 6.45) is 6.17. The van der Waals surface area contributed by atoms with E-state index in [1.54, 1.807) is 18.2 Å². The van der Waals surface area contributed by atoms with Crippen molar-refractivity contribution in [2.45, 2.75) is 18.4 Å². The van der Waals surface area contributed by atoms with Crippen LogP contribution in [0.5, 0.6) is 0 Å². The maximum atomic E-state index is 11.9. The Labute approximate surface area is 166 Å². The van der Waals surface area contributed by atoms with E-state index in [1.165, 1.54) is 42.8 Å². The lowest BCUT2D eigenvalue weighted by Crippen LogP contribution is -2.42. The number of fused-ring (bicyclic) bond motifs is 3. The van der Waals surface area contributed by atoms with Crippen LogP contribution in [0, 0.1) is 11.7 Å². The molecule has 148 valence electrons. The molecule has 0 radical (unpaired) electrons. The summed E-state index contributed by atoms with van der Waals surface area (Å²) in [6.45, 7) is 13.9. The molecule has 0 N–H and O–H groups in total. The van der Waals surface area contributed by atoms with Gasteiger partial charge in [-0.25, -0.2) is 9.38 Å². The second-order valence-electron chi connectivity index (χ2n) is 7.93. The summed E-state index contributed by atoms with van der Waals surface area (Å²) in [5, 5.41) is 0. The third-order valence-corrected chi connectivity index (χ3v) is 6.22. The fourth-order valence-electron chi connectivity index (χ4n) is 4.64. The fraction of sp³-hybridized carbons (Fsp3) is 0.435. The Morgan fingerprint density at radius 1 is 1.14 bits per heavy atom. The quantitative estimate of drug-likeness (QED) is 0.783. The van der Waals surface area contributed by atoms with Gasteiger partial charge in [-0.15, -0.1) is 0 Å². The first kappa shape index (κ1) is 18.9. The van der Waals surface area contributed by atoms with E-state index >= 15 is 0 Å². The van der Waals surface area contributed by atoms with Gasteiger partial charge in [-0.2, -0.15) is 0 Å². The fourth-order valence-corrected chi connectivity index (χ4v) is 4.64. The molecule has 0 amide bonds. The number of rotatable bonds is 2. The normalized spacial score (nSPS) is 30.6. The molecule has 5 rings (SSSR count). The number of hydrogen-bond acceptors (Lipinski definition) is 4. The molecule has 5 heteroatoms. The first-order valence-electron chi connectivity index (χ1n) is 10.0. The number of aliphatic imine (C=N–C) groups is 1. The Morgan fingerprint density at radius 2 is 1.93 bits per heavy atom. The van der Waals surface area contributed by atoms with Crippen molar-refractivity contribution < 1.29 is 9.13 Å².